The van der Waals surface area contributed by atoms with Gasteiger partial charge in [-0.2, -0.15) is 0 Å². The lowest BCUT2D eigenvalue weighted by Gasteiger charge is -2.34. The summed E-state index contributed by atoms with van der Waals surface area (Å²) in [7, 11) is 0. The summed E-state index contributed by atoms with van der Waals surface area (Å²) in [5.74, 6) is 1.31. The summed E-state index contributed by atoms with van der Waals surface area (Å²) < 4.78 is 0. The summed E-state index contributed by atoms with van der Waals surface area (Å²) in [4.78, 5) is 0. The minimum Gasteiger partial charge on any atom is -0.508 e. The lowest BCUT2D eigenvalue weighted by atomic mass is 9.69. The van der Waals surface area contributed by atoms with Crippen LogP contribution in [0.3, 0.4) is 0 Å². The molecule has 0 heterocycles. The molecule has 0 aliphatic rings. The molecule has 0 amide bonds. The number of benzene rings is 5. The van der Waals surface area contributed by atoms with Gasteiger partial charge >= 0.3 is 0 Å². The van der Waals surface area contributed by atoms with Crippen LogP contribution in [0.2, 0.25) is 0 Å². The van der Waals surface area contributed by atoms with Gasteiger partial charge in [-0.15, -0.1) is 0 Å². The Hall–Kier alpha value is -4.70. The highest BCUT2D eigenvalue weighted by atomic mass is 16.3. The first kappa shape index (κ1) is 32.7. The SMILES string of the molecule is CCC(c1ccc(O)cc1)c1ccc(C(CC)c2ccc(O)cc2)c(C(CC)c2ccc(O)cc2)c1C(CC)c1ccc(O)cc1. The van der Waals surface area contributed by atoms with Gasteiger partial charge in [-0.05, 0) is 119 Å². The van der Waals surface area contributed by atoms with Crippen molar-refractivity contribution >= 4 is 0 Å². The van der Waals surface area contributed by atoms with Crippen LogP contribution >= 0.6 is 0 Å². The fraction of sp³-hybridized carbons (Fsp3) is 0.286. The molecule has 0 saturated heterocycles. The normalized spacial score (nSPS) is 14.0. The van der Waals surface area contributed by atoms with Gasteiger partial charge < -0.3 is 20.4 Å². The predicted octanol–water partition coefficient (Wildman–Crippen LogP) is 10.7. The van der Waals surface area contributed by atoms with Crippen molar-refractivity contribution in [2.45, 2.75) is 77.0 Å². The maximum Gasteiger partial charge on any atom is 0.115 e. The van der Waals surface area contributed by atoms with Crippen molar-refractivity contribution in [1.29, 1.82) is 0 Å². The van der Waals surface area contributed by atoms with E-state index < -0.39 is 0 Å². The van der Waals surface area contributed by atoms with E-state index in [1.54, 1.807) is 48.5 Å². The summed E-state index contributed by atoms with van der Waals surface area (Å²) in [5.41, 5.74) is 9.77. The molecule has 4 atom stereocenters. The zero-order valence-corrected chi connectivity index (χ0v) is 27.3. The Morgan fingerprint density at radius 1 is 0.326 bits per heavy atom. The van der Waals surface area contributed by atoms with Crippen LogP contribution in [0, 0.1) is 0 Å². The molecule has 0 bridgehead atoms. The zero-order valence-electron chi connectivity index (χ0n) is 27.3. The third-order valence-corrected chi connectivity index (χ3v) is 9.62. The van der Waals surface area contributed by atoms with E-state index in [2.05, 4.69) is 39.8 Å². The summed E-state index contributed by atoms with van der Waals surface area (Å²) in [6, 6.07) is 35.2. The molecule has 238 valence electrons. The molecule has 46 heavy (non-hydrogen) atoms. The van der Waals surface area contributed by atoms with Gasteiger partial charge in [-0.25, -0.2) is 0 Å². The van der Waals surface area contributed by atoms with E-state index in [-0.39, 0.29) is 46.7 Å². The minimum absolute atomic E-state index is 0.0557. The molecule has 4 unspecified atom stereocenters. The maximum absolute atomic E-state index is 10.2. The average molecular weight is 615 g/mol. The zero-order chi connectivity index (χ0) is 32.8. The van der Waals surface area contributed by atoms with E-state index in [1.807, 2.05) is 48.5 Å². The molecule has 5 rings (SSSR count). The van der Waals surface area contributed by atoms with Crippen molar-refractivity contribution in [3.8, 4) is 23.0 Å². The number of rotatable bonds is 12. The molecular formula is C42H46O4. The van der Waals surface area contributed by atoms with Gasteiger partial charge in [-0.3, -0.25) is 0 Å². The molecule has 5 aromatic rings. The fourth-order valence-corrected chi connectivity index (χ4v) is 7.37. The summed E-state index contributed by atoms with van der Waals surface area (Å²) >= 11 is 0. The van der Waals surface area contributed by atoms with Crippen LogP contribution < -0.4 is 0 Å². The molecule has 4 heteroatoms. The molecule has 0 fully saturated rings. The van der Waals surface area contributed by atoms with Crippen LogP contribution in [0.1, 0.15) is 122 Å². The van der Waals surface area contributed by atoms with Crippen LogP contribution in [0.25, 0.3) is 0 Å². The van der Waals surface area contributed by atoms with Gasteiger partial charge in [0, 0.05) is 23.7 Å². The van der Waals surface area contributed by atoms with Crippen LogP contribution in [0.5, 0.6) is 23.0 Å². The van der Waals surface area contributed by atoms with Gasteiger partial charge in [0.2, 0.25) is 0 Å². The lowest BCUT2D eigenvalue weighted by Crippen LogP contribution is -2.18. The number of hydrogen-bond donors (Lipinski definition) is 4. The largest absolute Gasteiger partial charge is 0.508 e. The number of hydrogen-bond acceptors (Lipinski definition) is 4. The number of phenols is 4. The Labute approximate surface area is 273 Å². The molecular weight excluding hydrogens is 568 g/mol. The van der Waals surface area contributed by atoms with Crippen molar-refractivity contribution in [3.05, 3.63) is 154 Å². The van der Waals surface area contributed by atoms with Gasteiger partial charge in [0.1, 0.15) is 23.0 Å². The highest BCUT2D eigenvalue weighted by Gasteiger charge is 2.32. The van der Waals surface area contributed by atoms with Gasteiger partial charge in [0.25, 0.3) is 0 Å². The van der Waals surface area contributed by atoms with Gasteiger partial charge in [0.05, 0.1) is 0 Å². The summed E-state index contributed by atoms with van der Waals surface area (Å²) in [5, 5.41) is 40.7. The molecule has 5 aromatic carbocycles. The second kappa shape index (κ2) is 14.6. The topological polar surface area (TPSA) is 80.9 Å². The van der Waals surface area contributed by atoms with Crippen molar-refractivity contribution < 1.29 is 20.4 Å². The quantitative estimate of drug-likeness (QED) is 0.113. The van der Waals surface area contributed by atoms with E-state index in [4.69, 9.17) is 0 Å². The van der Waals surface area contributed by atoms with Crippen molar-refractivity contribution in [2.75, 3.05) is 0 Å². The highest BCUT2D eigenvalue weighted by molar-refractivity contribution is 5.57. The molecule has 0 aromatic heterocycles. The van der Waals surface area contributed by atoms with Crippen LogP contribution in [0.15, 0.2) is 109 Å². The van der Waals surface area contributed by atoms with Crippen LogP contribution in [-0.2, 0) is 0 Å². The third-order valence-electron chi connectivity index (χ3n) is 9.62. The molecule has 0 radical (unpaired) electrons. The molecule has 4 N–H and O–H groups in total. The Morgan fingerprint density at radius 3 is 0.761 bits per heavy atom. The van der Waals surface area contributed by atoms with E-state index in [9.17, 15) is 20.4 Å². The second-order valence-electron chi connectivity index (χ2n) is 12.3. The molecule has 0 saturated carbocycles. The predicted molar refractivity (Wildman–Crippen MR) is 187 cm³/mol. The third kappa shape index (κ3) is 6.77. The lowest BCUT2D eigenvalue weighted by molar-refractivity contribution is 0.474. The van der Waals surface area contributed by atoms with Crippen LogP contribution in [0.4, 0.5) is 0 Å². The van der Waals surface area contributed by atoms with Crippen molar-refractivity contribution in [1.82, 2.24) is 0 Å². The fourth-order valence-electron chi connectivity index (χ4n) is 7.37. The number of aromatic hydroxyl groups is 4. The number of phenolic OH excluding ortho intramolecular Hbond substituents is 4. The van der Waals surface area contributed by atoms with Gasteiger partial charge in [0.15, 0.2) is 0 Å². The monoisotopic (exact) mass is 614 g/mol. The van der Waals surface area contributed by atoms with Crippen LogP contribution in [-0.4, -0.2) is 20.4 Å². The molecule has 0 aliphatic heterocycles. The molecule has 4 nitrogen and oxygen atoms in total. The van der Waals surface area contributed by atoms with E-state index in [1.165, 1.54) is 22.3 Å². The molecule has 0 spiro atoms. The van der Waals surface area contributed by atoms with Crippen molar-refractivity contribution in [3.63, 3.8) is 0 Å². The maximum atomic E-state index is 10.2. The first-order chi connectivity index (χ1) is 22.3. The average Bonchev–Trinajstić information content (AvgIpc) is 3.07. The van der Waals surface area contributed by atoms with E-state index in [0.717, 1.165) is 47.9 Å². The Balaban J connectivity index is 1.89. The van der Waals surface area contributed by atoms with E-state index in [0.29, 0.717) is 0 Å². The Bertz CT molecular complexity index is 1580. The standard InChI is InChI=1S/C42H46O4/c1-5-35(27-9-17-31(43)18-10-27)39-25-26-40(36(6-2)28-11-19-32(44)20-12-28)42(38(8-4)30-15-23-34(46)24-16-30)41(39)37(7-3)29-13-21-33(45)22-14-29/h9-26,35-38,43-46H,5-8H2,1-4H3. The summed E-state index contributed by atoms with van der Waals surface area (Å²) in [6.45, 7) is 8.91. The Kier molecular flexibility index (Phi) is 10.4. The minimum atomic E-state index is 0.0557. The van der Waals surface area contributed by atoms with E-state index >= 15 is 0 Å². The second-order valence-corrected chi connectivity index (χ2v) is 12.3. The highest BCUT2D eigenvalue weighted by Crippen LogP contribution is 2.48. The summed E-state index contributed by atoms with van der Waals surface area (Å²) in [6.07, 6.45) is 3.49. The smallest absolute Gasteiger partial charge is 0.115 e. The first-order valence-electron chi connectivity index (χ1n) is 16.6. The Morgan fingerprint density at radius 2 is 0.543 bits per heavy atom. The molecule has 0 aliphatic carbocycles. The van der Waals surface area contributed by atoms with Crippen molar-refractivity contribution in [2.24, 2.45) is 0 Å². The first-order valence-corrected chi connectivity index (χ1v) is 16.6. The van der Waals surface area contributed by atoms with Gasteiger partial charge in [-0.1, -0.05) is 88.4 Å².